The van der Waals surface area contributed by atoms with Gasteiger partial charge in [-0.1, -0.05) is 30.3 Å². The molecule has 2 saturated heterocycles. The molecule has 0 unspecified atom stereocenters. The van der Waals surface area contributed by atoms with E-state index in [0.717, 1.165) is 5.56 Å². The van der Waals surface area contributed by atoms with Crippen LogP contribution in [0.2, 0.25) is 0 Å². The lowest BCUT2D eigenvalue weighted by molar-refractivity contribution is -0.128. The number of cyclic esters (lactones) is 1. The first kappa shape index (κ1) is 13.5. The zero-order valence-electron chi connectivity index (χ0n) is 12.1. The van der Waals surface area contributed by atoms with Crippen LogP contribution in [0.5, 0.6) is 0 Å². The lowest BCUT2D eigenvalue weighted by atomic mass is 9.56. The van der Waals surface area contributed by atoms with Crippen molar-refractivity contribution in [1.82, 2.24) is 4.90 Å². The molecule has 2 heterocycles. The van der Waals surface area contributed by atoms with Crippen LogP contribution in [0.4, 0.5) is 4.79 Å². The minimum Gasteiger partial charge on any atom is -0.447 e. The molecule has 1 aromatic carbocycles. The lowest BCUT2D eigenvalue weighted by Gasteiger charge is -2.55. The number of benzene rings is 1. The highest BCUT2D eigenvalue weighted by Crippen LogP contribution is 2.52. The van der Waals surface area contributed by atoms with Crippen molar-refractivity contribution in [3.63, 3.8) is 0 Å². The van der Waals surface area contributed by atoms with Crippen molar-refractivity contribution in [3.8, 4) is 0 Å². The summed E-state index contributed by atoms with van der Waals surface area (Å²) in [5.74, 6) is 0.00669. The summed E-state index contributed by atoms with van der Waals surface area (Å²) in [6.07, 6.45) is 3.42. The first-order valence-electron chi connectivity index (χ1n) is 7.50. The zero-order valence-corrected chi connectivity index (χ0v) is 12.1. The molecule has 5 nitrogen and oxygen atoms in total. The highest BCUT2D eigenvalue weighted by atomic mass is 16.6. The molecule has 22 heavy (non-hydrogen) atoms. The third kappa shape index (κ3) is 1.57. The van der Waals surface area contributed by atoms with Gasteiger partial charge >= 0.3 is 6.09 Å². The molecule has 1 N–H and O–H groups in total. The summed E-state index contributed by atoms with van der Waals surface area (Å²) >= 11 is 0. The van der Waals surface area contributed by atoms with E-state index in [2.05, 4.69) is 0 Å². The molecule has 0 spiro atoms. The third-order valence-corrected chi connectivity index (χ3v) is 5.36. The number of ether oxygens (including phenoxy) is 1. The van der Waals surface area contributed by atoms with Crippen molar-refractivity contribution in [3.05, 3.63) is 48.0 Å². The third-order valence-electron chi connectivity index (χ3n) is 5.36. The maximum Gasteiger partial charge on any atom is 0.410 e. The van der Waals surface area contributed by atoms with Crippen LogP contribution >= 0.6 is 0 Å². The molecule has 0 aromatic heterocycles. The molecule has 3 atom stereocenters. The van der Waals surface area contributed by atoms with E-state index in [0.29, 0.717) is 13.0 Å². The lowest BCUT2D eigenvalue weighted by Crippen LogP contribution is -2.68. The SMILES string of the molecule is O=C1C=C[C@@]2(O)[C@@H]3COC(=O)N3CC[C@]2(c2ccccc2)C1. The molecule has 3 aliphatic rings. The monoisotopic (exact) mass is 299 g/mol. The standard InChI is InChI=1S/C17H17NO4/c19-13-6-7-17(21)14-11-22-15(20)18(14)9-8-16(17,10-13)12-4-2-1-3-5-12/h1-7,14,21H,8-11H2/t14-,16+,17+/m0/s1. The van der Waals surface area contributed by atoms with E-state index in [1.54, 1.807) is 11.0 Å². The number of aliphatic hydroxyl groups is 1. The molecular weight excluding hydrogens is 282 g/mol. The van der Waals surface area contributed by atoms with E-state index in [-0.39, 0.29) is 24.9 Å². The first-order valence-corrected chi connectivity index (χ1v) is 7.50. The summed E-state index contributed by atoms with van der Waals surface area (Å²) in [5, 5.41) is 11.5. The van der Waals surface area contributed by atoms with Gasteiger partial charge in [0, 0.05) is 18.4 Å². The molecule has 1 amide bonds. The summed E-state index contributed by atoms with van der Waals surface area (Å²) < 4.78 is 5.13. The Morgan fingerprint density at radius 1 is 1.23 bits per heavy atom. The quantitative estimate of drug-likeness (QED) is 0.851. The predicted octanol–water partition coefficient (Wildman–Crippen LogP) is 1.41. The molecule has 0 bridgehead atoms. The van der Waals surface area contributed by atoms with Gasteiger partial charge in [-0.25, -0.2) is 4.79 Å². The fourth-order valence-corrected chi connectivity index (χ4v) is 4.20. The predicted molar refractivity (Wildman–Crippen MR) is 78.3 cm³/mol. The summed E-state index contributed by atoms with van der Waals surface area (Å²) in [6, 6.07) is 9.19. The fourth-order valence-electron chi connectivity index (χ4n) is 4.20. The average Bonchev–Trinajstić information content (AvgIpc) is 2.91. The van der Waals surface area contributed by atoms with E-state index >= 15 is 0 Å². The summed E-state index contributed by atoms with van der Waals surface area (Å²) in [7, 11) is 0. The smallest absolute Gasteiger partial charge is 0.410 e. The molecule has 0 saturated carbocycles. The normalized spacial score (nSPS) is 36.8. The van der Waals surface area contributed by atoms with Gasteiger partial charge in [-0.15, -0.1) is 0 Å². The average molecular weight is 299 g/mol. The van der Waals surface area contributed by atoms with Crippen LogP contribution in [0.15, 0.2) is 42.5 Å². The van der Waals surface area contributed by atoms with Gasteiger partial charge in [0.1, 0.15) is 18.2 Å². The van der Waals surface area contributed by atoms with Crippen molar-refractivity contribution in [2.24, 2.45) is 0 Å². The second kappa shape index (κ2) is 4.43. The van der Waals surface area contributed by atoms with Gasteiger partial charge in [-0.3, -0.25) is 9.69 Å². The number of fused-ring (bicyclic) bond motifs is 3. The Morgan fingerprint density at radius 3 is 2.77 bits per heavy atom. The molecule has 1 aliphatic carbocycles. The van der Waals surface area contributed by atoms with Crippen LogP contribution in [0.1, 0.15) is 18.4 Å². The highest BCUT2D eigenvalue weighted by molar-refractivity contribution is 5.93. The number of carbonyl (C=O) groups excluding carboxylic acids is 2. The van der Waals surface area contributed by atoms with Gasteiger partial charge in [0.25, 0.3) is 0 Å². The van der Waals surface area contributed by atoms with Crippen LogP contribution in [-0.2, 0) is 14.9 Å². The molecule has 2 aliphatic heterocycles. The number of rotatable bonds is 1. The first-order chi connectivity index (χ1) is 10.6. The topological polar surface area (TPSA) is 66.8 Å². The second-order valence-corrected chi connectivity index (χ2v) is 6.29. The van der Waals surface area contributed by atoms with E-state index < -0.39 is 17.1 Å². The number of nitrogens with zero attached hydrogens (tertiary/aromatic N) is 1. The van der Waals surface area contributed by atoms with Gasteiger partial charge < -0.3 is 9.84 Å². The van der Waals surface area contributed by atoms with Crippen LogP contribution in [0, 0.1) is 0 Å². The van der Waals surface area contributed by atoms with Gasteiger partial charge in [0.2, 0.25) is 0 Å². The van der Waals surface area contributed by atoms with E-state index in [4.69, 9.17) is 4.74 Å². The van der Waals surface area contributed by atoms with Gasteiger partial charge in [-0.05, 0) is 24.1 Å². The Balaban J connectivity index is 1.90. The number of ketones is 1. The molecule has 2 fully saturated rings. The number of amides is 1. The number of piperidine rings is 1. The molecule has 5 heteroatoms. The zero-order chi connectivity index (χ0) is 15.4. The largest absolute Gasteiger partial charge is 0.447 e. The number of carbonyl (C=O) groups is 2. The summed E-state index contributed by atoms with van der Waals surface area (Å²) in [4.78, 5) is 25.5. The van der Waals surface area contributed by atoms with Gasteiger partial charge in [0.15, 0.2) is 5.78 Å². The van der Waals surface area contributed by atoms with Crippen molar-refractivity contribution in [1.29, 1.82) is 0 Å². The molecule has 0 radical (unpaired) electrons. The van der Waals surface area contributed by atoms with Crippen LogP contribution in [0.25, 0.3) is 0 Å². The molecule has 4 rings (SSSR count). The van der Waals surface area contributed by atoms with Crippen LogP contribution in [-0.4, -0.2) is 46.7 Å². The minimum absolute atomic E-state index is 0.00669. The Morgan fingerprint density at radius 2 is 2.00 bits per heavy atom. The van der Waals surface area contributed by atoms with Crippen LogP contribution < -0.4 is 0 Å². The van der Waals surface area contributed by atoms with Gasteiger partial charge in [0.05, 0.1) is 0 Å². The van der Waals surface area contributed by atoms with Crippen LogP contribution in [0.3, 0.4) is 0 Å². The minimum atomic E-state index is -1.29. The Kier molecular flexibility index (Phi) is 2.72. The summed E-state index contributed by atoms with van der Waals surface area (Å²) in [5.41, 5.74) is -1.05. The maximum absolute atomic E-state index is 12.1. The number of hydrogen-bond donors (Lipinski definition) is 1. The summed E-state index contributed by atoms with van der Waals surface area (Å²) in [6.45, 7) is 0.643. The Bertz CT molecular complexity index is 670. The van der Waals surface area contributed by atoms with E-state index in [9.17, 15) is 14.7 Å². The molecular formula is C17H17NO4. The number of hydrogen-bond acceptors (Lipinski definition) is 4. The van der Waals surface area contributed by atoms with Crippen molar-refractivity contribution in [2.45, 2.75) is 29.9 Å². The molecule has 114 valence electrons. The molecule has 1 aromatic rings. The van der Waals surface area contributed by atoms with Gasteiger partial charge in [-0.2, -0.15) is 0 Å². The van der Waals surface area contributed by atoms with Crippen molar-refractivity contribution in [2.75, 3.05) is 13.2 Å². The number of allylic oxidation sites excluding steroid dienone is 1. The van der Waals surface area contributed by atoms with Crippen molar-refractivity contribution < 1.29 is 19.4 Å². The second-order valence-electron chi connectivity index (χ2n) is 6.29. The Hall–Kier alpha value is -2.14. The van der Waals surface area contributed by atoms with E-state index in [1.807, 2.05) is 30.3 Å². The van der Waals surface area contributed by atoms with Crippen molar-refractivity contribution >= 4 is 11.9 Å². The van der Waals surface area contributed by atoms with E-state index in [1.165, 1.54) is 6.08 Å². The Labute approximate surface area is 128 Å². The highest BCUT2D eigenvalue weighted by Gasteiger charge is 2.63. The maximum atomic E-state index is 12.1. The fraction of sp³-hybridized carbons (Fsp3) is 0.412.